The number of benzene rings is 9. The highest BCUT2D eigenvalue weighted by Crippen LogP contribution is 2.42. The minimum absolute atomic E-state index is 0.954. The van der Waals surface area contributed by atoms with Gasteiger partial charge in [0.2, 0.25) is 0 Å². The standard InChI is InChI=1S/C61H44N4SSi2/c1-64-54-35-16-15-34-53(54)63-60(64)43-21-18-31-49(39-43)67(45-23-6-2-7-24-45,46-25-8-3-9-26-46)50-32-19-22-44(40-50)65-55-42-57-52(51-33-14-17-36-56(51)66-57)41-59(55)68(47-27-10-4-11-28-47,48-29-12-5-13-30-48)58-37-20-38-62-61(58)65/h2-42H,1H3. The van der Waals surface area contributed by atoms with Crippen LogP contribution < -0.4 is 46.4 Å². The van der Waals surface area contributed by atoms with Crippen LogP contribution in [-0.4, -0.2) is 30.7 Å². The number of hydrogen-bond donors (Lipinski definition) is 0. The van der Waals surface area contributed by atoms with Crippen molar-refractivity contribution in [3.63, 3.8) is 0 Å². The molecule has 1 aliphatic rings. The third-order valence-corrected chi connectivity index (χ3v) is 24.9. The van der Waals surface area contributed by atoms with Gasteiger partial charge in [-0.2, -0.15) is 0 Å². The Bertz CT molecular complexity index is 3750. The Morgan fingerprint density at radius 1 is 0.471 bits per heavy atom. The van der Waals surface area contributed by atoms with Crippen LogP contribution in [0.2, 0.25) is 0 Å². The van der Waals surface area contributed by atoms with Crippen molar-refractivity contribution in [3.8, 4) is 11.4 Å². The molecule has 0 amide bonds. The molecular weight excluding hydrogens is 877 g/mol. The topological polar surface area (TPSA) is 34.0 Å². The Morgan fingerprint density at radius 2 is 1.07 bits per heavy atom. The Kier molecular flexibility index (Phi) is 9.57. The van der Waals surface area contributed by atoms with Crippen LogP contribution in [0, 0.1) is 0 Å². The molecule has 0 radical (unpaired) electrons. The van der Waals surface area contributed by atoms with E-state index >= 15 is 0 Å². The highest BCUT2D eigenvalue weighted by molar-refractivity contribution is 7.26. The van der Waals surface area contributed by atoms with Crippen molar-refractivity contribution < 1.29 is 0 Å². The number of hydrogen-bond acceptors (Lipinski definition) is 4. The molecule has 12 aromatic rings. The van der Waals surface area contributed by atoms with E-state index in [4.69, 9.17) is 9.97 Å². The SMILES string of the molecule is Cn1c(-c2cccc([Si](c3ccccc3)(c3ccccc3)c3cccc(N4c5cc6sc7ccccc7c6cc5[Si](c5ccccc5)(c5ccccc5)c5cccnc54)c3)c2)nc2ccccc21. The number of para-hydroxylation sites is 2. The van der Waals surface area contributed by atoms with Gasteiger partial charge >= 0.3 is 0 Å². The molecule has 4 nitrogen and oxygen atoms in total. The molecule has 0 saturated carbocycles. The summed E-state index contributed by atoms with van der Waals surface area (Å²) >= 11 is 1.87. The van der Waals surface area contributed by atoms with Gasteiger partial charge in [-0.25, -0.2) is 9.97 Å². The minimum atomic E-state index is -3.07. The molecule has 13 rings (SSSR count). The molecule has 0 saturated heterocycles. The number of aromatic nitrogens is 3. The third kappa shape index (κ3) is 6.03. The van der Waals surface area contributed by atoms with Crippen molar-refractivity contribution in [1.29, 1.82) is 0 Å². The summed E-state index contributed by atoms with van der Waals surface area (Å²) in [6.07, 6.45) is 1.98. The highest BCUT2D eigenvalue weighted by atomic mass is 32.1. The second-order valence-corrected chi connectivity index (χ2v) is 26.4. The fourth-order valence-corrected chi connectivity index (χ4v) is 22.3. The number of imidazole rings is 1. The quantitative estimate of drug-likeness (QED) is 0.113. The Morgan fingerprint density at radius 3 is 1.78 bits per heavy atom. The maximum absolute atomic E-state index is 5.45. The van der Waals surface area contributed by atoms with E-state index in [1.165, 1.54) is 67.4 Å². The number of nitrogens with zero attached hydrogens (tertiary/aromatic N) is 4. The summed E-state index contributed by atoms with van der Waals surface area (Å²) in [7, 11) is -3.94. The fourth-order valence-electron chi connectivity index (χ4n) is 11.3. The number of thiophene rings is 1. The molecule has 4 heterocycles. The molecule has 0 aliphatic carbocycles. The molecule has 7 heteroatoms. The highest BCUT2D eigenvalue weighted by Gasteiger charge is 2.50. The summed E-state index contributed by atoms with van der Waals surface area (Å²) in [5.41, 5.74) is 5.48. The number of aryl methyl sites for hydroxylation is 1. The van der Waals surface area contributed by atoms with E-state index in [1.807, 2.05) is 17.5 Å². The molecule has 0 N–H and O–H groups in total. The normalized spacial score (nSPS) is 13.2. The minimum Gasteiger partial charge on any atom is -0.327 e. The smallest absolute Gasteiger partial charge is 0.186 e. The first kappa shape index (κ1) is 40.3. The van der Waals surface area contributed by atoms with Crippen LogP contribution in [-0.2, 0) is 7.05 Å². The van der Waals surface area contributed by atoms with Crippen molar-refractivity contribution in [2.45, 2.75) is 0 Å². The number of anilines is 3. The van der Waals surface area contributed by atoms with Crippen LogP contribution in [0.25, 0.3) is 42.6 Å². The monoisotopic (exact) mass is 920 g/mol. The van der Waals surface area contributed by atoms with E-state index in [0.717, 1.165) is 33.9 Å². The van der Waals surface area contributed by atoms with E-state index in [0.29, 0.717) is 0 Å². The van der Waals surface area contributed by atoms with Crippen LogP contribution in [0.4, 0.5) is 17.2 Å². The van der Waals surface area contributed by atoms with Gasteiger partial charge in [-0.3, -0.25) is 4.90 Å². The lowest BCUT2D eigenvalue weighted by Gasteiger charge is -2.44. The average molecular weight is 921 g/mol. The molecule has 9 aromatic carbocycles. The van der Waals surface area contributed by atoms with Gasteiger partial charge in [0, 0.05) is 50.4 Å². The van der Waals surface area contributed by atoms with E-state index in [9.17, 15) is 0 Å². The van der Waals surface area contributed by atoms with Crippen molar-refractivity contribution in [2.75, 3.05) is 4.90 Å². The third-order valence-electron chi connectivity index (χ3n) is 14.2. The molecule has 0 bridgehead atoms. The summed E-state index contributed by atoms with van der Waals surface area (Å²) < 4.78 is 4.79. The number of pyridine rings is 1. The Hall–Kier alpha value is -7.95. The molecular formula is C61H44N4SSi2. The molecule has 322 valence electrons. The first-order valence-electron chi connectivity index (χ1n) is 23.2. The van der Waals surface area contributed by atoms with Crippen LogP contribution in [0.5, 0.6) is 0 Å². The zero-order chi connectivity index (χ0) is 45.2. The van der Waals surface area contributed by atoms with Crippen LogP contribution in [0.1, 0.15) is 0 Å². The number of rotatable bonds is 8. The lowest BCUT2D eigenvalue weighted by atomic mass is 10.1. The maximum atomic E-state index is 5.45. The molecule has 3 aromatic heterocycles. The van der Waals surface area contributed by atoms with Gasteiger partial charge in [0.15, 0.2) is 16.1 Å². The summed E-state index contributed by atoms with van der Waals surface area (Å²) in [5, 5.41) is 13.1. The molecule has 1 aliphatic heterocycles. The zero-order valence-corrected chi connectivity index (χ0v) is 40.2. The molecule has 68 heavy (non-hydrogen) atoms. The van der Waals surface area contributed by atoms with Crippen molar-refractivity contribution in [3.05, 3.63) is 249 Å². The number of fused-ring (bicyclic) bond motifs is 6. The average Bonchev–Trinajstić information content (AvgIpc) is 3.95. The lowest BCUT2D eigenvalue weighted by molar-refractivity contribution is 0.959. The molecule has 0 unspecified atom stereocenters. The van der Waals surface area contributed by atoms with Gasteiger partial charge in [-0.15, -0.1) is 11.3 Å². The summed E-state index contributed by atoms with van der Waals surface area (Å²) in [6, 6.07) is 90.5. The van der Waals surface area contributed by atoms with E-state index < -0.39 is 16.1 Å². The zero-order valence-electron chi connectivity index (χ0n) is 37.4. The fraction of sp³-hybridized carbons (Fsp3) is 0.0164. The molecule has 0 atom stereocenters. The summed E-state index contributed by atoms with van der Waals surface area (Å²) in [4.78, 5) is 13.1. The predicted octanol–water partition coefficient (Wildman–Crippen LogP) is 9.54. The van der Waals surface area contributed by atoms with Gasteiger partial charge in [0.05, 0.1) is 11.0 Å². The van der Waals surface area contributed by atoms with Crippen molar-refractivity contribution in [2.24, 2.45) is 7.05 Å². The molecule has 0 spiro atoms. The van der Waals surface area contributed by atoms with Gasteiger partial charge in [0.1, 0.15) is 11.6 Å². The second-order valence-electron chi connectivity index (χ2n) is 17.8. The van der Waals surface area contributed by atoms with E-state index in [2.05, 4.69) is 259 Å². The largest absolute Gasteiger partial charge is 0.327 e. The first-order chi connectivity index (χ1) is 33.6. The van der Waals surface area contributed by atoms with Crippen LogP contribution in [0.3, 0.4) is 0 Å². The molecule has 0 fully saturated rings. The van der Waals surface area contributed by atoms with E-state index in [1.54, 1.807) is 0 Å². The predicted molar refractivity (Wildman–Crippen MR) is 292 cm³/mol. The summed E-state index contributed by atoms with van der Waals surface area (Å²) in [5.74, 6) is 1.93. The Balaban J connectivity index is 1.11. The van der Waals surface area contributed by atoms with Crippen molar-refractivity contribution in [1.82, 2.24) is 14.5 Å². The maximum Gasteiger partial charge on any atom is 0.186 e. The summed E-state index contributed by atoms with van der Waals surface area (Å²) in [6.45, 7) is 0. The lowest BCUT2D eigenvalue weighted by Crippen LogP contribution is -2.77. The first-order valence-corrected chi connectivity index (χ1v) is 28.0. The Labute approximate surface area is 401 Å². The van der Waals surface area contributed by atoms with Gasteiger partial charge in [0.25, 0.3) is 0 Å². The van der Waals surface area contributed by atoms with Gasteiger partial charge < -0.3 is 4.57 Å². The van der Waals surface area contributed by atoms with E-state index in [-0.39, 0.29) is 0 Å². The van der Waals surface area contributed by atoms with Crippen LogP contribution >= 0.6 is 11.3 Å². The van der Waals surface area contributed by atoms with Crippen LogP contribution in [0.15, 0.2) is 249 Å². The van der Waals surface area contributed by atoms with Gasteiger partial charge in [-0.1, -0.05) is 200 Å². The second kappa shape index (κ2) is 16.1. The van der Waals surface area contributed by atoms with Gasteiger partial charge in [-0.05, 0) is 84.0 Å². The van der Waals surface area contributed by atoms with Crippen molar-refractivity contribution >= 4 is 117 Å².